The van der Waals surface area contributed by atoms with Crippen molar-refractivity contribution in [2.45, 2.75) is 43.9 Å². The van der Waals surface area contributed by atoms with Gasteiger partial charge in [-0.3, -0.25) is 4.98 Å². The van der Waals surface area contributed by atoms with Crippen LogP contribution in [0.25, 0.3) is 10.9 Å². The fraction of sp³-hybridized carbons (Fsp3) is 0.550. The average Bonchev–Trinajstić information content (AvgIpc) is 2.70. The van der Waals surface area contributed by atoms with E-state index in [1.54, 1.807) is 4.31 Å². The summed E-state index contributed by atoms with van der Waals surface area (Å²) in [6.45, 7) is 4.34. The molecule has 1 aromatic carbocycles. The van der Waals surface area contributed by atoms with Crippen molar-refractivity contribution in [3.05, 3.63) is 36.0 Å². The van der Waals surface area contributed by atoms with Crippen LogP contribution in [0, 0.1) is 6.92 Å². The number of sulfonamides is 1. The van der Waals surface area contributed by atoms with E-state index < -0.39 is 10.0 Å². The molecule has 6 nitrogen and oxygen atoms in total. The number of para-hydroxylation sites is 1. The van der Waals surface area contributed by atoms with Crippen LogP contribution in [0.3, 0.4) is 0 Å². The quantitative estimate of drug-likeness (QED) is 0.871. The number of ether oxygens (including phenoxy) is 1. The van der Waals surface area contributed by atoms with Crippen molar-refractivity contribution in [3.63, 3.8) is 0 Å². The van der Waals surface area contributed by atoms with Gasteiger partial charge in [0, 0.05) is 49.6 Å². The first-order valence-electron chi connectivity index (χ1n) is 9.73. The number of pyridine rings is 1. The van der Waals surface area contributed by atoms with Gasteiger partial charge in [-0.15, -0.1) is 0 Å². The summed E-state index contributed by atoms with van der Waals surface area (Å²) in [6, 6.07) is 8.49. The van der Waals surface area contributed by atoms with E-state index in [1.807, 2.05) is 18.3 Å². The van der Waals surface area contributed by atoms with Crippen LogP contribution in [-0.4, -0.2) is 55.3 Å². The molecule has 0 saturated carbocycles. The Labute approximate surface area is 161 Å². The Kier molecular flexibility index (Phi) is 5.34. The van der Waals surface area contributed by atoms with E-state index in [9.17, 15) is 8.42 Å². The van der Waals surface area contributed by atoms with Gasteiger partial charge in [-0.2, -0.15) is 0 Å². The van der Waals surface area contributed by atoms with Crippen LogP contribution in [0.15, 0.2) is 30.5 Å². The molecule has 1 N–H and O–H groups in total. The average molecular weight is 390 g/mol. The van der Waals surface area contributed by atoms with E-state index >= 15 is 0 Å². The molecule has 0 spiro atoms. The topological polar surface area (TPSA) is 71.5 Å². The Morgan fingerprint density at radius 2 is 1.85 bits per heavy atom. The van der Waals surface area contributed by atoms with E-state index in [-0.39, 0.29) is 11.3 Å². The standard InChI is InChI=1S/C20H27N3O3S/c1-15-3-2-4-18-19(5-10-21-20(15)18)22-16-6-11-23(12-7-16)27(24,25)17-8-13-26-14-9-17/h2-5,10,16-17H,6-9,11-14H2,1H3,(H,21,22). The lowest BCUT2D eigenvalue weighted by atomic mass is 10.0. The lowest BCUT2D eigenvalue weighted by molar-refractivity contribution is 0.0969. The fourth-order valence-electron chi connectivity index (χ4n) is 4.11. The maximum absolute atomic E-state index is 12.9. The van der Waals surface area contributed by atoms with Gasteiger partial charge in [-0.1, -0.05) is 18.2 Å². The van der Waals surface area contributed by atoms with Crippen LogP contribution in [0.1, 0.15) is 31.2 Å². The number of benzene rings is 1. The number of aryl methyl sites for hydroxylation is 1. The normalized spacial score (nSPS) is 20.8. The van der Waals surface area contributed by atoms with Crippen LogP contribution in [0.4, 0.5) is 5.69 Å². The van der Waals surface area contributed by atoms with Crippen LogP contribution >= 0.6 is 0 Å². The van der Waals surface area contributed by atoms with Crippen LogP contribution in [0.5, 0.6) is 0 Å². The zero-order chi connectivity index (χ0) is 18.9. The first kappa shape index (κ1) is 18.7. The second kappa shape index (κ2) is 7.73. The first-order chi connectivity index (χ1) is 13.1. The van der Waals surface area contributed by atoms with Gasteiger partial charge in [0.2, 0.25) is 10.0 Å². The summed E-state index contributed by atoms with van der Waals surface area (Å²) in [6.07, 6.45) is 4.70. The molecule has 146 valence electrons. The third-order valence-corrected chi connectivity index (χ3v) is 8.13. The van der Waals surface area contributed by atoms with Gasteiger partial charge in [0.25, 0.3) is 0 Å². The highest BCUT2D eigenvalue weighted by Crippen LogP contribution is 2.28. The van der Waals surface area contributed by atoms with E-state index in [4.69, 9.17) is 4.74 Å². The SMILES string of the molecule is Cc1cccc2c(NC3CCN(S(=O)(=O)C4CCOCC4)CC3)ccnc12. The van der Waals surface area contributed by atoms with E-state index in [0.29, 0.717) is 39.1 Å². The molecule has 3 heterocycles. The molecule has 0 amide bonds. The molecule has 0 unspecified atom stereocenters. The molecule has 7 heteroatoms. The highest BCUT2D eigenvalue weighted by molar-refractivity contribution is 7.89. The summed E-state index contributed by atoms with van der Waals surface area (Å²) in [4.78, 5) is 4.49. The maximum atomic E-state index is 12.9. The minimum atomic E-state index is -3.21. The molecule has 2 aromatic rings. The molecule has 2 fully saturated rings. The van der Waals surface area contributed by atoms with Gasteiger partial charge < -0.3 is 10.1 Å². The molecule has 0 radical (unpaired) electrons. The molecular weight excluding hydrogens is 362 g/mol. The van der Waals surface area contributed by atoms with Gasteiger partial charge >= 0.3 is 0 Å². The molecule has 27 heavy (non-hydrogen) atoms. The number of anilines is 1. The number of hydrogen-bond acceptors (Lipinski definition) is 5. The highest BCUT2D eigenvalue weighted by Gasteiger charge is 2.35. The molecule has 0 bridgehead atoms. The lowest BCUT2D eigenvalue weighted by Gasteiger charge is -2.35. The molecule has 2 aliphatic heterocycles. The molecule has 0 aliphatic carbocycles. The summed E-state index contributed by atoms with van der Waals surface area (Å²) in [5, 5.41) is 4.47. The zero-order valence-corrected chi connectivity index (χ0v) is 16.5. The number of aromatic nitrogens is 1. The summed E-state index contributed by atoms with van der Waals surface area (Å²) in [5.74, 6) is 0. The Morgan fingerprint density at radius 3 is 2.59 bits per heavy atom. The van der Waals surface area contributed by atoms with Crippen LogP contribution in [0.2, 0.25) is 0 Å². The van der Waals surface area contributed by atoms with E-state index in [1.165, 1.54) is 0 Å². The Bertz CT molecular complexity index is 902. The molecule has 2 saturated heterocycles. The fourth-order valence-corrected chi connectivity index (χ4v) is 6.04. The minimum absolute atomic E-state index is 0.275. The predicted octanol–water partition coefficient (Wildman–Crippen LogP) is 2.93. The Morgan fingerprint density at radius 1 is 1.11 bits per heavy atom. The molecule has 0 atom stereocenters. The second-order valence-corrected chi connectivity index (χ2v) is 9.72. The summed E-state index contributed by atoms with van der Waals surface area (Å²) in [7, 11) is -3.21. The third kappa shape index (κ3) is 3.81. The minimum Gasteiger partial charge on any atom is -0.382 e. The number of hydrogen-bond donors (Lipinski definition) is 1. The van der Waals surface area contributed by atoms with E-state index in [2.05, 4.69) is 29.4 Å². The molecule has 4 rings (SSSR count). The number of nitrogens with zero attached hydrogens (tertiary/aromatic N) is 2. The smallest absolute Gasteiger partial charge is 0.217 e. The number of fused-ring (bicyclic) bond motifs is 1. The highest BCUT2D eigenvalue weighted by atomic mass is 32.2. The lowest BCUT2D eigenvalue weighted by Crippen LogP contribution is -2.47. The third-order valence-electron chi connectivity index (χ3n) is 5.74. The van der Waals surface area contributed by atoms with E-state index in [0.717, 1.165) is 35.0 Å². The van der Waals surface area contributed by atoms with Crippen molar-refractivity contribution in [1.82, 2.24) is 9.29 Å². The molecule has 2 aliphatic rings. The molecular formula is C20H27N3O3S. The van der Waals surface area contributed by atoms with Gasteiger partial charge in [0.15, 0.2) is 0 Å². The Balaban J connectivity index is 1.42. The second-order valence-electron chi connectivity index (χ2n) is 7.50. The van der Waals surface area contributed by atoms with Crippen molar-refractivity contribution >= 4 is 26.6 Å². The van der Waals surface area contributed by atoms with Crippen molar-refractivity contribution in [2.24, 2.45) is 0 Å². The first-order valence-corrected chi connectivity index (χ1v) is 11.2. The summed E-state index contributed by atoms with van der Waals surface area (Å²) >= 11 is 0. The summed E-state index contributed by atoms with van der Waals surface area (Å²) in [5.41, 5.74) is 3.25. The van der Waals surface area contributed by atoms with Crippen molar-refractivity contribution in [1.29, 1.82) is 0 Å². The van der Waals surface area contributed by atoms with Crippen molar-refractivity contribution in [2.75, 3.05) is 31.6 Å². The zero-order valence-electron chi connectivity index (χ0n) is 15.7. The van der Waals surface area contributed by atoms with Crippen molar-refractivity contribution in [3.8, 4) is 0 Å². The Hall–Kier alpha value is -1.70. The van der Waals surface area contributed by atoms with Gasteiger partial charge in [0.1, 0.15) is 0 Å². The van der Waals surface area contributed by atoms with Crippen LogP contribution < -0.4 is 5.32 Å². The molecule has 1 aromatic heterocycles. The summed E-state index contributed by atoms with van der Waals surface area (Å²) < 4.78 is 32.7. The van der Waals surface area contributed by atoms with Crippen LogP contribution in [-0.2, 0) is 14.8 Å². The van der Waals surface area contributed by atoms with Gasteiger partial charge in [0.05, 0.1) is 10.8 Å². The van der Waals surface area contributed by atoms with Gasteiger partial charge in [-0.25, -0.2) is 12.7 Å². The number of nitrogens with one attached hydrogen (secondary N) is 1. The monoisotopic (exact) mass is 389 g/mol. The number of piperidine rings is 1. The largest absolute Gasteiger partial charge is 0.382 e. The van der Waals surface area contributed by atoms with Gasteiger partial charge in [-0.05, 0) is 44.2 Å². The van der Waals surface area contributed by atoms with Crippen molar-refractivity contribution < 1.29 is 13.2 Å². The predicted molar refractivity (Wildman–Crippen MR) is 107 cm³/mol. The number of rotatable bonds is 4. The maximum Gasteiger partial charge on any atom is 0.217 e.